The Balaban J connectivity index is 2.83. The number of carbonyl (C=O) groups excluding carboxylic acids is 1. The summed E-state index contributed by atoms with van der Waals surface area (Å²) in [5.74, 6) is 0. The molecule has 0 spiro atoms. The summed E-state index contributed by atoms with van der Waals surface area (Å²) in [6.07, 6.45) is 14.3. The van der Waals surface area contributed by atoms with Gasteiger partial charge in [-0.2, -0.15) is 0 Å². The molecular formula is C20H28Cl2O. The lowest BCUT2D eigenvalue weighted by molar-refractivity contribution is -0.107. The molecule has 128 valence electrons. The lowest BCUT2D eigenvalue weighted by Crippen LogP contribution is -2.27. The third kappa shape index (κ3) is 5.97. The molecule has 0 fully saturated rings. The second kappa shape index (κ2) is 8.35. The van der Waals surface area contributed by atoms with Crippen LogP contribution in [0.3, 0.4) is 0 Å². The lowest BCUT2D eigenvalue weighted by Gasteiger charge is -2.32. The van der Waals surface area contributed by atoms with Crippen molar-refractivity contribution >= 4 is 29.5 Å². The molecule has 0 aliphatic heterocycles. The van der Waals surface area contributed by atoms with Crippen LogP contribution in [-0.4, -0.2) is 16.5 Å². The van der Waals surface area contributed by atoms with Gasteiger partial charge in [0.25, 0.3) is 0 Å². The van der Waals surface area contributed by atoms with Gasteiger partial charge >= 0.3 is 0 Å². The zero-order valence-electron chi connectivity index (χ0n) is 14.8. The monoisotopic (exact) mass is 354 g/mol. The number of alkyl halides is 2. The van der Waals surface area contributed by atoms with Crippen LogP contribution in [0.1, 0.15) is 53.9 Å². The molecule has 0 aromatic carbocycles. The van der Waals surface area contributed by atoms with Gasteiger partial charge in [-0.1, -0.05) is 55.4 Å². The van der Waals surface area contributed by atoms with E-state index in [9.17, 15) is 4.79 Å². The Bertz CT molecular complexity index is 548. The van der Waals surface area contributed by atoms with Crippen molar-refractivity contribution in [2.75, 3.05) is 0 Å². The topological polar surface area (TPSA) is 17.1 Å². The fraction of sp³-hybridized carbons (Fsp3) is 0.550. The molecule has 1 aliphatic rings. The van der Waals surface area contributed by atoms with E-state index in [0.717, 1.165) is 5.57 Å². The minimum absolute atomic E-state index is 0.249. The maximum Gasteiger partial charge on any atom is 0.139 e. The Morgan fingerprint density at radius 1 is 1.39 bits per heavy atom. The SMILES string of the molecule is CC(C=CC1=C(C)CCCC1(C)C)=CC=CC(C)(Cl)C(Cl)C=O. The van der Waals surface area contributed by atoms with E-state index >= 15 is 0 Å². The first kappa shape index (κ1) is 20.3. The van der Waals surface area contributed by atoms with Crippen molar-refractivity contribution in [1.29, 1.82) is 0 Å². The highest BCUT2D eigenvalue weighted by Crippen LogP contribution is 2.40. The molecule has 2 unspecified atom stereocenters. The summed E-state index contributed by atoms with van der Waals surface area (Å²) in [4.78, 5) is 9.87. The van der Waals surface area contributed by atoms with Gasteiger partial charge in [0.05, 0.1) is 4.87 Å². The van der Waals surface area contributed by atoms with Crippen LogP contribution in [0.2, 0.25) is 0 Å². The zero-order chi connectivity index (χ0) is 17.7. The number of allylic oxidation sites excluding steroid dienone is 8. The lowest BCUT2D eigenvalue weighted by atomic mass is 9.72. The molecule has 0 aromatic heterocycles. The van der Waals surface area contributed by atoms with E-state index in [4.69, 9.17) is 23.2 Å². The van der Waals surface area contributed by atoms with Crippen LogP contribution in [0.4, 0.5) is 0 Å². The van der Waals surface area contributed by atoms with Gasteiger partial charge in [-0.3, -0.25) is 0 Å². The number of halogens is 2. The number of carbonyl (C=O) groups is 1. The largest absolute Gasteiger partial charge is 0.302 e. The molecule has 1 rings (SSSR count). The molecule has 1 nitrogen and oxygen atoms in total. The third-order valence-electron chi connectivity index (χ3n) is 4.50. The van der Waals surface area contributed by atoms with Crippen molar-refractivity contribution in [2.24, 2.45) is 5.41 Å². The van der Waals surface area contributed by atoms with Gasteiger partial charge in [0.15, 0.2) is 0 Å². The Hall–Kier alpha value is -0.790. The van der Waals surface area contributed by atoms with Crippen molar-refractivity contribution in [3.8, 4) is 0 Å². The normalized spacial score (nSPS) is 23.3. The number of hydrogen-bond acceptors (Lipinski definition) is 1. The summed E-state index contributed by atoms with van der Waals surface area (Å²) in [5.41, 5.74) is 4.32. The molecular weight excluding hydrogens is 327 g/mol. The van der Waals surface area contributed by atoms with Gasteiger partial charge in [-0.25, -0.2) is 0 Å². The summed E-state index contributed by atoms with van der Waals surface area (Å²) in [7, 11) is 0. The minimum atomic E-state index is -0.867. The fourth-order valence-corrected chi connectivity index (χ4v) is 3.09. The second-order valence-corrected chi connectivity index (χ2v) is 8.51. The summed E-state index contributed by atoms with van der Waals surface area (Å²) < 4.78 is 0. The Morgan fingerprint density at radius 2 is 2.04 bits per heavy atom. The molecule has 1 aliphatic carbocycles. The average Bonchev–Trinajstić information content (AvgIpc) is 2.44. The Kier molecular flexibility index (Phi) is 7.35. The number of rotatable bonds is 6. The van der Waals surface area contributed by atoms with E-state index in [1.807, 2.05) is 12.2 Å². The van der Waals surface area contributed by atoms with Crippen LogP contribution < -0.4 is 0 Å². The van der Waals surface area contributed by atoms with Gasteiger partial charge in [0.1, 0.15) is 11.7 Å². The molecule has 0 heterocycles. The van der Waals surface area contributed by atoms with E-state index in [-0.39, 0.29) is 5.41 Å². The average molecular weight is 355 g/mol. The number of hydrogen-bond donors (Lipinski definition) is 0. The fourth-order valence-electron chi connectivity index (χ4n) is 2.89. The summed E-state index contributed by atoms with van der Waals surface area (Å²) in [6.45, 7) is 10.6. The molecule has 0 bridgehead atoms. The third-order valence-corrected chi connectivity index (χ3v) is 5.52. The predicted molar refractivity (Wildman–Crippen MR) is 102 cm³/mol. The highest BCUT2D eigenvalue weighted by atomic mass is 35.5. The van der Waals surface area contributed by atoms with Crippen LogP contribution >= 0.6 is 23.2 Å². The standard InChI is InChI=1S/C20H28Cl2O/c1-15(8-6-13-20(5,22)18(21)14-23)10-11-17-16(2)9-7-12-19(17,3)4/h6,8,10-11,13-14,18H,7,9,12H2,1-5H3. The first-order valence-electron chi connectivity index (χ1n) is 8.13. The van der Waals surface area contributed by atoms with Gasteiger partial charge in [-0.05, 0) is 51.0 Å². The predicted octanol–water partition coefficient (Wildman–Crippen LogP) is 6.38. The van der Waals surface area contributed by atoms with Gasteiger partial charge in [0, 0.05) is 0 Å². The van der Waals surface area contributed by atoms with E-state index in [0.29, 0.717) is 6.29 Å². The highest BCUT2D eigenvalue weighted by Gasteiger charge is 2.27. The zero-order valence-corrected chi connectivity index (χ0v) is 16.3. The number of aldehydes is 1. The van der Waals surface area contributed by atoms with Gasteiger partial charge in [-0.15, -0.1) is 23.2 Å². The van der Waals surface area contributed by atoms with Crippen molar-refractivity contribution < 1.29 is 4.79 Å². The molecule has 3 heteroatoms. The summed E-state index contributed by atoms with van der Waals surface area (Å²) in [5, 5.41) is -0.736. The van der Waals surface area contributed by atoms with Crippen LogP contribution in [0.5, 0.6) is 0 Å². The highest BCUT2D eigenvalue weighted by molar-refractivity contribution is 6.37. The molecule has 0 aromatic rings. The maximum absolute atomic E-state index is 10.7. The quantitative estimate of drug-likeness (QED) is 0.307. The molecule has 23 heavy (non-hydrogen) atoms. The van der Waals surface area contributed by atoms with Crippen molar-refractivity contribution in [3.05, 3.63) is 47.1 Å². The first-order valence-corrected chi connectivity index (χ1v) is 8.94. The van der Waals surface area contributed by atoms with Crippen LogP contribution in [0.25, 0.3) is 0 Å². The summed E-state index contributed by atoms with van der Waals surface area (Å²) >= 11 is 12.1. The van der Waals surface area contributed by atoms with Crippen LogP contribution in [0.15, 0.2) is 47.1 Å². The molecule has 0 amide bonds. The smallest absolute Gasteiger partial charge is 0.139 e. The van der Waals surface area contributed by atoms with E-state index in [1.165, 1.54) is 30.4 Å². The minimum Gasteiger partial charge on any atom is -0.302 e. The molecule has 0 saturated carbocycles. The Labute approximate surface area is 151 Å². The van der Waals surface area contributed by atoms with Crippen LogP contribution in [0, 0.1) is 5.41 Å². The molecule has 0 saturated heterocycles. The molecule has 2 atom stereocenters. The van der Waals surface area contributed by atoms with E-state index in [1.54, 1.807) is 13.0 Å². The second-order valence-electron chi connectivity index (χ2n) is 7.22. The molecule has 0 N–H and O–H groups in total. The van der Waals surface area contributed by atoms with E-state index in [2.05, 4.69) is 39.8 Å². The maximum atomic E-state index is 10.7. The van der Waals surface area contributed by atoms with Crippen molar-refractivity contribution in [3.63, 3.8) is 0 Å². The summed E-state index contributed by atoms with van der Waals surface area (Å²) in [6, 6.07) is 0. The van der Waals surface area contributed by atoms with Crippen LogP contribution in [-0.2, 0) is 4.79 Å². The van der Waals surface area contributed by atoms with Crippen molar-refractivity contribution in [1.82, 2.24) is 0 Å². The Morgan fingerprint density at radius 3 is 2.61 bits per heavy atom. The van der Waals surface area contributed by atoms with E-state index < -0.39 is 10.3 Å². The van der Waals surface area contributed by atoms with Gasteiger partial charge < -0.3 is 4.79 Å². The first-order chi connectivity index (χ1) is 10.6. The van der Waals surface area contributed by atoms with Crippen molar-refractivity contribution in [2.45, 2.75) is 64.1 Å². The van der Waals surface area contributed by atoms with Gasteiger partial charge in [0.2, 0.25) is 0 Å². The molecule has 0 radical (unpaired) electrons.